The topological polar surface area (TPSA) is 55.6 Å². The molecule has 0 fully saturated rings. The molecule has 4 heteroatoms. The Morgan fingerprint density at radius 1 is 1.29 bits per heavy atom. The van der Waals surface area contributed by atoms with Gasteiger partial charge in [-0.25, -0.2) is 0 Å². The first-order valence-corrected chi connectivity index (χ1v) is 7.67. The molecule has 0 aromatic heterocycles. The first-order chi connectivity index (χ1) is 10.1. The Hall–Kier alpha value is -1.55. The zero-order valence-electron chi connectivity index (χ0n) is 13.5. The Balaban J connectivity index is 2.50. The smallest absolute Gasteiger partial charge is 0.222 e. The number of nitrogens with two attached hydrogens (primary N) is 1. The van der Waals surface area contributed by atoms with E-state index in [2.05, 4.69) is 13.8 Å². The van der Waals surface area contributed by atoms with Gasteiger partial charge in [0, 0.05) is 19.5 Å². The highest BCUT2D eigenvalue weighted by Crippen LogP contribution is 2.13. The van der Waals surface area contributed by atoms with Crippen LogP contribution < -0.4 is 10.5 Å². The Labute approximate surface area is 128 Å². The highest BCUT2D eigenvalue weighted by Gasteiger charge is 2.14. The summed E-state index contributed by atoms with van der Waals surface area (Å²) in [7, 11) is 1.65. The zero-order chi connectivity index (χ0) is 15.7. The molecule has 1 aromatic rings. The molecule has 1 aromatic carbocycles. The van der Waals surface area contributed by atoms with Crippen molar-refractivity contribution >= 4 is 5.91 Å². The lowest BCUT2D eigenvalue weighted by molar-refractivity contribution is -0.131. The molecule has 1 rings (SSSR count). The van der Waals surface area contributed by atoms with Crippen LogP contribution in [-0.2, 0) is 11.2 Å². The molecule has 0 bridgehead atoms. The number of amides is 1. The molecule has 4 nitrogen and oxygen atoms in total. The van der Waals surface area contributed by atoms with Crippen LogP contribution in [0.2, 0.25) is 0 Å². The number of hydrogen-bond acceptors (Lipinski definition) is 3. The van der Waals surface area contributed by atoms with Crippen molar-refractivity contribution in [2.24, 2.45) is 11.7 Å². The minimum atomic E-state index is 0.216. The number of methoxy groups -OCH3 is 1. The van der Waals surface area contributed by atoms with Gasteiger partial charge in [-0.3, -0.25) is 4.79 Å². The van der Waals surface area contributed by atoms with Gasteiger partial charge in [0.2, 0.25) is 5.91 Å². The fourth-order valence-corrected chi connectivity index (χ4v) is 2.24. The van der Waals surface area contributed by atoms with E-state index >= 15 is 0 Å². The summed E-state index contributed by atoms with van der Waals surface area (Å²) in [6.45, 7) is 6.45. The summed E-state index contributed by atoms with van der Waals surface area (Å²) in [5.41, 5.74) is 6.71. The molecule has 0 radical (unpaired) electrons. The molecule has 2 N–H and O–H groups in total. The fraction of sp³-hybridized carbons (Fsp3) is 0.588. The molecule has 0 aliphatic rings. The van der Waals surface area contributed by atoms with Crippen LogP contribution in [0.4, 0.5) is 0 Å². The van der Waals surface area contributed by atoms with Crippen molar-refractivity contribution in [3.63, 3.8) is 0 Å². The number of hydrogen-bond donors (Lipinski definition) is 1. The van der Waals surface area contributed by atoms with Gasteiger partial charge in [-0.2, -0.15) is 0 Å². The molecular formula is C17H28N2O2. The summed E-state index contributed by atoms with van der Waals surface area (Å²) < 4.78 is 5.13. The van der Waals surface area contributed by atoms with Gasteiger partial charge in [-0.15, -0.1) is 0 Å². The first kappa shape index (κ1) is 17.5. The Morgan fingerprint density at radius 3 is 2.48 bits per heavy atom. The van der Waals surface area contributed by atoms with Crippen molar-refractivity contribution in [2.75, 3.05) is 26.7 Å². The summed E-state index contributed by atoms with van der Waals surface area (Å²) >= 11 is 0. The molecule has 0 aliphatic heterocycles. The second kappa shape index (κ2) is 9.40. The number of rotatable bonds is 9. The number of carbonyl (C=O) groups is 1. The Bertz CT molecular complexity index is 415. The van der Waals surface area contributed by atoms with Gasteiger partial charge in [0.15, 0.2) is 0 Å². The number of aryl methyl sites for hydroxylation is 1. The molecular weight excluding hydrogens is 264 g/mol. The van der Waals surface area contributed by atoms with Crippen molar-refractivity contribution in [1.82, 2.24) is 4.90 Å². The maximum absolute atomic E-state index is 12.3. The number of nitrogens with zero attached hydrogens (tertiary/aromatic N) is 1. The standard InChI is InChI=1S/C17H28N2O2/c1-14(2)13-19(12-4-11-18)17(20)10-7-15-5-8-16(21-3)9-6-15/h5-6,8-9,14H,4,7,10-13,18H2,1-3H3. The molecule has 0 aliphatic carbocycles. The second-order valence-corrected chi connectivity index (χ2v) is 5.72. The van der Waals surface area contributed by atoms with Crippen LogP contribution in [0.1, 0.15) is 32.3 Å². The van der Waals surface area contributed by atoms with Crippen molar-refractivity contribution in [3.05, 3.63) is 29.8 Å². The van der Waals surface area contributed by atoms with E-state index in [-0.39, 0.29) is 5.91 Å². The van der Waals surface area contributed by atoms with E-state index < -0.39 is 0 Å². The third-order valence-electron chi connectivity index (χ3n) is 3.36. The fourth-order valence-electron chi connectivity index (χ4n) is 2.24. The van der Waals surface area contributed by atoms with Crippen LogP contribution >= 0.6 is 0 Å². The first-order valence-electron chi connectivity index (χ1n) is 7.67. The van der Waals surface area contributed by atoms with Crippen molar-refractivity contribution < 1.29 is 9.53 Å². The van der Waals surface area contributed by atoms with E-state index in [4.69, 9.17) is 10.5 Å². The van der Waals surface area contributed by atoms with Gasteiger partial charge in [-0.1, -0.05) is 26.0 Å². The van der Waals surface area contributed by atoms with E-state index in [1.54, 1.807) is 7.11 Å². The average molecular weight is 292 g/mol. The molecule has 0 spiro atoms. The lowest BCUT2D eigenvalue weighted by Crippen LogP contribution is -2.36. The SMILES string of the molecule is COc1ccc(CCC(=O)N(CCCN)CC(C)C)cc1. The van der Waals surface area contributed by atoms with Crippen LogP contribution in [0.25, 0.3) is 0 Å². The molecule has 1 amide bonds. The average Bonchev–Trinajstić information content (AvgIpc) is 2.49. The summed E-state index contributed by atoms with van der Waals surface area (Å²) in [6, 6.07) is 7.89. The third-order valence-corrected chi connectivity index (χ3v) is 3.36. The van der Waals surface area contributed by atoms with Gasteiger partial charge < -0.3 is 15.4 Å². The van der Waals surface area contributed by atoms with Gasteiger partial charge >= 0.3 is 0 Å². The highest BCUT2D eigenvalue weighted by atomic mass is 16.5. The van der Waals surface area contributed by atoms with Crippen molar-refractivity contribution in [2.45, 2.75) is 33.1 Å². The van der Waals surface area contributed by atoms with E-state index in [1.807, 2.05) is 29.2 Å². The van der Waals surface area contributed by atoms with E-state index in [9.17, 15) is 4.79 Å². The summed E-state index contributed by atoms with van der Waals surface area (Å²) in [5.74, 6) is 1.54. The normalized spacial score (nSPS) is 10.7. The van der Waals surface area contributed by atoms with Crippen LogP contribution in [-0.4, -0.2) is 37.6 Å². The maximum atomic E-state index is 12.3. The van der Waals surface area contributed by atoms with Crippen LogP contribution in [0.15, 0.2) is 24.3 Å². The molecule has 21 heavy (non-hydrogen) atoms. The molecule has 0 saturated heterocycles. The van der Waals surface area contributed by atoms with Crippen LogP contribution in [0.5, 0.6) is 5.75 Å². The quantitative estimate of drug-likeness (QED) is 0.760. The second-order valence-electron chi connectivity index (χ2n) is 5.72. The predicted octanol–water partition coefficient (Wildman–Crippen LogP) is 2.46. The number of ether oxygens (including phenoxy) is 1. The minimum Gasteiger partial charge on any atom is -0.497 e. The van der Waals surface area contributed by atoms with Crippen molar-refractivity contribution in [1.29, 1.82) is 0 Å². The predicted molar refractivity (Wildman–Crippen MR) is 86.4 cm³/mol. The van der Waals surface area contributed by atoms with Crippen LogP contribution in [0.3, 0.4) is 0 Å². The largest absolute Gasteiger partial charge is 0.497 e. The third kappa shape index (κ3) is 6.63. The summed E-state index contributed by atoms with van der Waals surface area (Å²) in [5, 5.41) is 0. The van der Waals surface area contributed by atoms with Gasteiger partial charge in [-0.05, 0) is 43.0 Å². The molecule has 0 saturated carbocycles. The molecule has 0 atom stereocenters. The Morgan fingerprint density at radius 2 is 1.95 bits per heavy atom. The van der Waals surface area contributed by atoms with E-state index in [1.165, 1.54) is 0 Å². The maximum Gasteiger partial charge on any atom is 0.222 e. The number of carbonyl (C=O) groups excluding carboxylic acids is 1. The summed E-state index contributed by atoms with van der Waals surface area (Å²) in [4.78, 5) is 14.3. The monoisotopic (exact) mass is 292 g/mol. The highest BCUT2D eigenvalue weighted by molar-refractivity contribution is 5.76. The zero-order valence-corrected chi connectivity index (χ0v) is 13.5. The van der Waals surface area contributed by atoms with E-state index in [0.717, 1.165) is 37.2 Å². The number of benzene rings is 1. The summed E-state index contributed by atoms with van der Waals surface area (Å²) in [6.07, 6.45) is 2.17. The minimum absolute atomic E-state index is 0.216. The van der Waals surface area contributed by atoms with Crippen LogP contribution in [0, 0.1) is 5.92 Å². The Kier molecular flexibility index (Phi) is 7.83. The lowest BCUT2D eigenvalue weighted by Gasteiger charge is -2.24. The van der Waals surface area contributed by atoms with Gasteiger partial charge in [0.1, 0.15) is 5.75 Å². The van der Waals surface area contributed by atoms with E-state index in [0.29, 0.717) is 18.9 Å². The molecule has 0 heterocycles. The van der Waals surface area contributed by atoms with Gasteiger partial charge in [0.05, 0.1) is 7.11 Å². The van der Waals surface area contributed by atoms with Crippen molar-refractivity contribution in [3.8, 4) is 5.75 Å². The molecule has 118 valence electrons. The van der Waals surface area contributed by atoms with Gasteiger partial charge in [0.25, 0.3) is 0 Å². The lowest BCUT2D eigenvalue weighted by atomic mass is 10.1. The molecule has 0 unspecified atom stereocenters.